The van der Waals surface area contributed by atoms with Crippen LogP contribution in [0.1, 0.15) is 22.6 Å². The summed E-state index contributed by atoms with van der Waals surface area (Å²) in [4.78, 5) is 24.3. The van der Waals surface area contributed by atoms with E-state index in [1.807, 2.05) is 66.0 Å². The molecule has 0 spiro atoms. The number of benzene rings is 3. The molecule has 0 aliphatic heterocycles. The molecule has 0 saturated heterocycles. The van der Waals surface area contributed by atoms with Gasteiger partial charge in [-0.05, 0) is 50.7 Å². The van der Waals surface area contributed by atoms with Crippen molar-refractivity contribution in [3.05, 3.63) is 94.9 Å². The topological polar surface area (TPSA) is 75.6 Å². The predicted molar refractivity (Wildman–Crippen MR) is 125 cm³/mol. The van der Waals surface area contributed by atoms with Gasteiger partial charge >= 0.3 is 12.1 Å². The third kappa shape index (κ3) is 3.85. The maximum Gasteiger partial charge on any atom is 0.407 e. The molecule has 1 aliphatic carbocycles. The van der Waals surface area contributed by atoms with Crippen LogP contribution < -0.4 is 5.32 Å². The second-order valence-electron chi connectivity index (χ2n) is 7.86. The molecule has 0 unspecified atom stereocenters. The number of amides is 1. The molecule has 0 bridgehead atoms. The zero-order valence-electron chi connectivity index (χ0n) is 17.2. The van der Waals surface area contributed by atoms with E-state index in [-0.39, 0.29) is 18.9 Å². The molecule has 4 aromatic rings. The van der Waals surface area contributed by atoms with Crippen LogP contribution >= 0.6 is 11.3 Å². The summed E-state index contributed by atoms with van der Waals surface area (Å²) < 4.78 is 6.65. The largest absolute Gasteiger partial charge is 0.480 e. The number of hydrogen-bond acceptors (Lipinski definition) is 4. The fourth-order valence-corrected chi connectivity index (χ4v) is 5.13. The number of carbonyl (C=O) groups is 2. The summed E-state index contributed by atoms with van der Waals surface area (Å²) in [6.07, 6.45) is -0.540. The quantitative estimate of drug-likeness (QED) is 0.416. The van der Waals surface area contributed by atoms with Gasteiger partial charge in [0.15, 0.2) is 0 Å². The van der Waals surface area contributed by atoms with Gasteiger partial charge in [0.05, 0.1) is 0 Å². The van der Waals surface area contributed by atoms with Gasteiger partial charge in [0.1, 0.15) is 12.6 Å². The van der Waals surface area contributed by atoms with Crippen molar-refractivity contribution in [2.45, 2.75) is 18.4 Å². The van der Waals surface area contributed by atoms with Crippen molar-refractivity contribution in [2.24, 2.45) is 0 Å². The third-order valence-electron chi connectivity index (χ3n) is 5.89. The van der Waals surface area contributed by atoms with Gasteiger partial charge in [-0.2, -0.15) is 0 Å². The maximum atomic E-state index is 12.5. The van der Waals surface area contributed by atoms with Crippen LogP contribution in [0, 0.1) is 0 Å². The number of fused-ring (bicyclic) bond motifs is 4. The molecule has 32 heavy (non-hydrogen) atoms. The van der Waals surface area contributed by atoms with Gasteiger partial charge in [0.25, 0.3) is 0 Å². The molecule has 0 saturated carbocycles. The lowest BCUT2D eigenvalue weighted by atomic mass is 9.98. The summed E-state index contributed by atoms with van der Waals surface area (Å²) in [6, 6.07) is 22.9. The van der Waals surface area contributed by atoms with Crippen molar-refractivity contribution in [2.75, 3.05) is 6.61 Å². The van der Waals surface area contributed by atoms with E-state index < -0.39 is 18.1 Å². The molecule has 1 amide bonds. The first-order chi connectivity index (χ1) is 15.6. The summed E-state index contributed by atoms with van der Waals surface area (Å²) in [5.41, 5.74) is 5.36. The number of alkyl carbamates (subject to hydrolysis) is 1. The monoisotopic (exact) mass is 443 g/mol. The molecule has 0 fully saturated rings. The van der Waals surface area contributed by atoms with Crippen LogP contribution in [-0.4, -0.2) is 29.8 Å². The van der Waals surface area contributed by atoms with E-state index in [0.29, 0.717) is 0 Å². The van der Waals surface area contributed by atoms with E-state index in [1.54, 1.807) is 11.3 Å². The highest BCUT2D eigenvalue weighted by atomic mass is 32.1. The number of carboxylic acids is 1. The van der Waals surface area contributed by atoms with Gasteiger partial charge in [-0.25, -0.2) is 9.59 Å². The number of aliphatic carboxylic acids is 1. The number of rotatable bonds is 6. The third-order valence-corrected chi connectivity index (χ3v) is 6.79. The van der Waals surface area contributed by atoms with Crippen molar-refractivity contribution in [1.82, 2.24) is 5.32 Å². The van der Waals surface area contributed by atoms with Crippen molar-refractivity contribution < 1.29 is 19.4 Å². The smallest absolute Gasteiger partial charge is 0.407 e. The Hall–Kier alpha value is -3.64. The summed E-state index contributed by atoms with van der Waals surface area (Å²) in [5.74, 6) is -1.17. The van der Waals surface area contributed by atoms with Gasteiger partial charge in [-0.3, -0.25) is 0 Å². The second kappa shape index (κ2) is 8.48. The zero-order chi connectivity index (χ0) is 22.1. The van der Waals surface area contributed by atoms with Gasteiger partial charge in [0.2, 0.25) is 0 Å². The van der Waals surface area contributed by atoms with Crippen LogP contribution in [0.5, 0.6) is 0 Å². The number of hydrogen-bond donors (Lipinski definition) is 2. The molecular formula is C26H21NO4S. The van der Waals surface area contributed by atoms with Crippen LogP contribution in [0.4, 0.5) is 4.79 Å². The van der Waals surface area contributed by atoms with E-state index in [9.17, 15) is 14.7 Å². The van der Waals surface area contributed by atoms with E-state index >= 15 is 0 Å². The van der Waals surface area contributed by atoms with Crippen LogP contribution in [0.3, 0.4) is 0 Å². The van der Waals surface area contributed by atoms with E-state index in [0.717, 1.165) is 37.9 Å². The predicted octanol–water partition coefficient (Wildman–Crippen LogP) is 5.44. The highest BCUT2D eigenvalue weighted by Gasteiger charge is 2.29. The lowest BCUT2D eigenvalue weighted by Crippen LogP contribution is -2.42. The van der Waals surface area contributed by atoms with Gasteiger partial charge in [-0.1, -0.05) is 60.7 Å². The van der Waals surface area contributed by atoms with Crippen molar-refractivity contribution in [3.63, 3.8) is 0 Å². The molecule has 5 nitrogen and oxygen atoms in total. The molecule has 160 valence electrons. The van der Waals surface area contributed by atoms with Crippen molar-refractivity contribution >= 4 is 33.5 Å². The average molecular weight is 444 g/mol. The molecule has 5 rings (SSSR count). The molecular weight excluding hydrogens is 422 g/mol. The molecule has 1 aliphatic rings. The number of thiophene rings is 1. The normalized spacial score (nSPS) is 13.4. The Bertz CT molecular complexity index is 1270. The van der Waals surface area contributed by atoms with Crippen LogP contribution in [0.15, 0.2) is 78.2 Å². The summed E-state index contributed by atoms with van der Waals surface area (Å²) >= 11 is 1.63. The molecule has 3 aromatic carbocycles. The minimum absolute atomic E-state index is 0.0718. The lowest BCUT2D eigenvalue weighted by Gasteiger charge is -2.17. The molecule has 1 heterocycles. The van der Waals surface area contributed by atoms with E-state index in [2.05, 4.69) is 17.4 Å². The fourth-order valence-electron chi connectivity index (χ4n) is 4.36. The van der Waals surface area contributed by atoms with Crippen molar-refractivity contribution in [1.29, 1.82) is 0 Å². The zero-order valence-corrected chi connectivity index (χ0v) is 18.0. The summed E-state index contributed by atoms with van der Waals surface area (Å²) in [5, 5.41) is 15.2. The van der Waals surface area contributed by atoms with E-state index in [1.165, 1.54) is 0 Å². The van der Waals surface area contributed by atoms with Gasteiger partial charge in [-0.15, -0.1) is 11.3 Å². The Labute approximate surface area is 189 Å². The molecule has 1 aromatic heterocycles. The van der Waals surface area contributed by atoms with Gasteiger partial charge < -0.3 is 15.2 Å². The molecule has 6 heteroatoms. The fraction of sp³-hybridized carbons (Fsp3) is 0.154. The van der Waals surface area contributed by atoms with Crippen LogP contribution in [-0.2, 0) is 16.0 Å². The lowest BCUT2D eigenvalue weighted by molar-refractivity contribution is -0.139. The Kier molecular flexibility index (Phi) is 5.37. The molecule has 0 radical (unpaired) electrons. The number of nitrogens with one attached hydrogen (secondary N) is 1. The minimum Gasteiger partial charge on any atom is -0.480 e. The maximum absolute atomic E-state index is 12.5. The highest BCUT2D eigenvalue weighted by Crippen LogP contribution is 2.44. The Morgan fingerprint density at radius 1 is 0.969 bits per heavy atom. The number of carbonyl (C=O) groups excluding carboxylic acids is 1. The summed E-state index contributed by atoms with van der Waals surface area (Å²) in [6.45, 7) is 0.146. The van der Waals surface area contributed by atoms with E-state index in [4.69, 9.17) is 4.74 Å². The first kappa shape index (κ1) is 20.3. The minimum atomic E-state index is -1.09. The van der Waals surface area contributed by atoms with Crippen LogP contribution in [0.25, 0.3) is 21.2 Å². The Balaban J connectivity index is 1.27. The molecule has 2 N–H and O–H groups in total. The number of carboxylic acid groups (broad SMARTS) is 1. The molecule has 1 atom stereocenters. The van der Waals surface area contributed by atoms with Crippen molar-refractivity contribution in [3.8, 4) is 11.1 Å². The van der Waals surface area contributed by atoms with Crippen LogP contribution in [0.2, 0.25) is 0 Å². The Morgan fingerprint density at radius 2 is 1.66 bits per heavy atom. The highest BCUT2D eigenvalue weighted by molar-refractivity contribution is 7.17. The average Bonchev–Trinajstić information content (AvgIpc) is 3.39. The standard InChI is InChI=1S/C26H21NO4S/c28-25(29)23(14-16-9-10-24-17(13-16)11-12-32-24)27-26(30)31-15-22-20-7-3-1-5-18(20)19-6-2-4-8-21(19)22/h1-13,22-23H,14-15H2,(H,27,30)(H,28,29)/t23-/m0/s1. The number of ether oxygens (including phenoxy) is 1. The first-order valence-electron chi connectivity index (χ1n) is 10.4. The van der Waals surface area contributed by atoms with Gasteiger partial charge in [0, 0.05) is 17.0 Å². The second-order valence-corrected chi connectivity index (χ2v) is 8.81. The summed E-state index contributed by atoms with van der Waals surface area (Å²) in [7, 11) is 0. The first-order valence-corrected chi connectivity index (χ1v) is 11.3. The Morgan fingerprint density at radius 3 is 2.34 bits per heavy atom. The SMILES string of the molecule is O=C(N[C@@H](Cc1ccc2sccc2c1)C(=O)O)OCC1c2ccccc2-c2ccccc21.